The van der Waals surface area contributed by atoms with E-state index in [1.54, 1.807) is 18.2 Å². The Morgan fingerprint density at radius 1 is 1.42 bits per heavy atom. The number of hydrogen-bond acceptors (Lipinski definition) is 5. The van der Waals surface area contributed by atoms with Crippen molar-refractivity contribution < 1.29 is 19.2 Å². The normalized spacial score (nSPS) is 18.0. The molecule has 1 saturated heterocycles. The summed E-state index contributed by atoms with van der Waals surface area (Å²) in [6.07, 6.45) is 0.636. The quantitative estimate of drug-likeness (QED) is 0.655. The summed E-state index contributed by atoms with van der Waals surface area (Å²) in [6, 6.07) is 7.78. The van der Waals surface area contributed by atoms with Crippen molar-refractivity contribution in [1.82, 2.24) is 4.90 Å². The molecule has 2 heterocycles. The van der Waals surface area contributed by atoms with Gasteiger partial charge in [0.25, 0.3) is 5.69 Å². The fourth-order valence-electron chi connectivity index (χ4n) is 2.82. The number of nitro groups is 1. The molecule has 1 aliphatic rings. The highest BCUT2D eigenvalue weighted by Gasteiger charge is 2.28. The maximum absolute atomic E-state index is 11.0. The lowest BCUT2D eigenvalue weighted by atomic mass is 10.1. The van der Waals surface area contributed by atoms with E-state index >= 15 is 0 Å². The minimum Gasteiger partial charge on any atom is -0.481 e. The predicted molar refractivity (Wildman–Crippen MR) is 86.8 cm³/mol. The summed E-state index contributed by atoms with van der Waals surface area (Å²) in [5.74, 6) is 0.128. The third-order valence-corrected chi connectivity index (χ3v) is 4.40. The summed E-state index contributed by atoms with van der Waals surface area (Å²) in [5.41, 5.74) is 0.505. The van der Waals surface area contributed by atoms with E-state index in [0.29, 0.717) is 43.1 Å². The van der Waals surface area contributed by atoms with Crippen LogP contribution in [0.5, 0.6) is 0 Å². The van der Waals surface area contributed by atoms with Crippen molar-refractivity contribution in [1.29, 1.82) is 0 Å². The lowest BCUT2D eigenvalue weighted by Crippen LogP contribution is -2.22. The van der Waals surface area contributed by atoms with Crippen molar-refractivity contribution in [2.45, 2.75) is 13.0 Å². The third kappa shape index (κ3) is 3.42. The number of carboxylic acid groups (broad SMARTS) is 1. The Morgan fingerprint density at radius 3 is 2.83 bits per heavy atom. The van der Waals surface area contributed by atoms with Crippen molar-refractivity contribution in [3.8, 4) is 11.3 Å². The molecule has 1 aromatic carbocycles. The average Bonchev–Trinajstić information content (AvgIpc) is 3.17. The van der Waals surface area contributed by atoms with Crippen LogP contribution in [0.3, 0.4) is 0 Å². The molecular weight excluding hydrogens is 336 g/mol. The molecule has 0 amide bonds. The maximum atomic E-state index is 11.0. The molecule has 1 N–H and O–H groups in total. The van der Waals surface area contributed by atoms with Crippen LogP contribution in [0.1, 0.15) is 12.2 Å². The van der Waals surface area contributed by atoms with Gasteiger partial charge in [-0.05, 0) is 31.2 Å². The van der Waals surface area contributed by atoms with Gasteiger partial charge in [0.2, 0.25) is 0 Å². The molecule has 24 heavy (non-hydrogen) atoms. The Labute approximate surface area is 142 Å². The number of furan rings is 1. The van der Waals surface area contributed by atoms with Gasteiger partial charge in [0, 0.05) is 24.2 Å². The first-order valence-electron chi connectivity index (χ1n) is 7.42. The second-order valence-electron chi connectivity index (χ2n) is 5.75. The van der Waals surface area contributed by atoms with Gasteiger partial charge < -0.3 is 9.52 Å². The first-order chi connectivity index (χ1) is 11.4. The number of carboxylic acids is 1. The summed E-state index contributed by atoms with van der Waals surface area (Å²) in [5, 5.41) is 20.0. The van der Waals surface area contributed by atoms with Crippen LogP contribution in [0.2, 0.25) is 5.02 Å². The number of carbonyl (C=O) groups is 1. The highest BCUT2D eigenvalue weighted by molar-refractivity contribution is 6.33. The summed E-state index contributed by atoms with van der Waals surface area (Å²) < 4.78 is 5.77. The van der Waals surface area contributed by atoms with Crippen molar-refractivity contribution >= 4 is 23.3 Å². The molecule has 1 aromatic heterocycles. The Morgan fingerprint density at radius 2 is 2.21 bits per heavy atom. The summed E-state index contributed by atoms with van der Waals surface area (Å²) >= 11 is 6.10. The number of rotatable bonds is 5. The SMILES string of the molecule is O=C(O)C1CCN(Cc2ccc(-c3ccc([N+](=O)[O-])cc3Cl)o2)C1. The zero-order valence-corrected chi connectivity index (χ0v) is 13.4. The van der Waals surface area contributed by atoms with Gasteiger partial charge in [-0.15, -0.1) is 0 Å². The van der Waals surface area contributed by atoms with Crippen molar-refractivity contribution in [2.75, 3.05) is 13.1 Å². The van der Waals surface area contributed by atoms with Gasteiger partial charge in [-0.3, -0.25) is 19.8 Å². The summed E-state index contributed by atoms with van der Waals surface area (Å²) in [4.78, 5) is 23.3. The molecule has 0 radical (unpaired) electrons. The summed E-state index contributed by atoms with van der Waals surface area (Å²) in [7, 11) is 0. The largest absolute Gasteiger partial charge is 0.481 e. The lowest BCUT2D eigenvalue weighted by molar-refractivity contribution is -0.384. The standard InChI is InChI=1S/C16H15ClN2O5/c17-14-7-11(19(22)23)1-3-13(14)15-4-2-12(24-15)9-18-6-5-10(8-18)16(20)21/h1-4,7,10H,5-6,8-9H2,(H,20,21). The number of halogens is 1. The molecule has 2 aromatic rings. The van der Waals surface area contributed by atoms with E-state index in [4.69, 9.17) is 21.1 Å². The molecular formula is C16H15ClN2O5. The number of aliphatic carboxylic acids is 1. The van der Waals surface area contributed by atoms with Crippen LogP contribution in [0.15, 0.2) is 34.7 Å². The number of likely N-dealkylation sites (tertiary alicyclic amines) is 1. The first kappa shape index (κ1) is 16.5. The minimum absolute atomic E-state index is 0.0766. The zero-order chi connectivity index (χ0) is 17.3. The topological polar surface area (TPSA) is 96.8 Å². The fourth-order valence-corrected chi connectivity index (χ4v) is 3.09. The molecule has 1 fully saturated rings. The van der Waals surface area contributed by atoms with E-state index in [1.165, 1.54) is 12.1 Å². The molecule has 1 aliphatic heterocycles. The van der Waals surface area contributed by atoms with Crippen LogP contribution in [0, 0.1) is 16.0 Å². The van der Waals surface area contributed by atoms with Crippen molar-refractivity contribution in [2.24, 2.45) is 5.92 Å². The van der Waals surface area contributed by atoms with E-state index < -0.39 is 10.9 Å². The number of benzene rings is 1. The monoisotopic (exact) mass is 350 g/mol. The average molecular weight is 351 g/mol. The molecule has 0 bridgehead atoms. The molecule has 1 unspecified atom stereocenters. The van der Waals surface area contributed by atoms with Gasteiger partial charge in [0.1, 0.15) is 11.5 Å². The predicted octanol–water partition coefficient (Wildman–Crippen LogP) is 3.41. The maximum Gasteiger partial charge on any atom is 0.307 e. The van der Waals surface area contributed by atoms with Gasteiger partial charge in [0.05, 0.1) is 22.4 Å². The van der Waals surface area contributed by atoms with E-state index in [0.717, 1.165) is 0 Å². The third-order valence-electron chi connectivity index (χ3n) is 4.09. The Kier molecular flexibility index (Phi) is 4.55. The van der Waals surface area contributed by atoms with Crippen LogP contribution >= 0.6 is 11.6 Å². The van der Waals surface area contributed by atoms with Gasteiger partial charge in [-0.25, -0.2) is 0 Å². The highest BCUT2D eigenvalue weighted by atomic mass is 35.5. The molecule has 3 rings (SSSR count). The summed E-state index contributed by atoms with van der Waals surface area (Å²) in [6.45, 7) is 1.74. The van der Waals surface area contributed by atoms with Crippen LogP contribution in [-0.2, 0) is 11.3 Å². The minimum atomic E-state index is -0.768. The van der Waals surface area contributed by atoms with Gasteiger partial charge >= 0.3 is 5.97 Å². The molecule has 1 atom stereocenters. The molecule has 8 heteroatoms. The number of nitro benzene ring substituents is 1. The van der Waals surface area contributed by atoms with E-state index in [-0.39, 0.29) is 16.6 Å². The van der Waals surface area contributed by atoms with Gasteiger partial charge in [-0.2, -0.15) is 0 Å². The highest BCUT2D eigenvalue weighted by Crippen LogP contribution is 2.32. The van der Waals surface area contributed by atoms with Gasteiger partial charge in [-0.1, -0.05) is 11.6 Å². The molecule has 0 spiro atoms. The fraction of sp³-hybridized carbons (Fsp3) is 0.312. The van der Waals surface area contributed by atoms with Crippen LogP contribution < -0.4 is 0 Å². The van der Waals surface area contributed by atoms with E-state index in [2.05, 4.69) is 0 Å². The Hall–Kier alpha value is -2.38. The lowest BCUT2D eigenvalue weighted by Gasteiger charge is -2.12. The second kappa shape index (κ2) is 6.62. The van der Waals surface area contributed by atoms with E-state index in [9.17, 15) is 14.9 Å². The van der Waals surface area contributed by atoms with Crippen molar-refractivity contribution in [3.05, 3.63) is 51.2 Å². The molecule has 0 saturated carbocycles. The van der Waals surface area contributed by atoms with E-state index in [1.807, 2.05) is 4.90 Å². The Bertz CT molecular complexity index is 789. The number of non-ortho nitro benzene ring substituents is 1. The van der Waals surface area contributed by atoms with Gasteiger partial charge in [0.15, 0.2) is 0 Å². The van der Waals surface area contributed by atoms with Crippen LogP contribution in [0.4, 0.5) is 5.69 Å². The number of hydrogen-bond donors (Lipinski definition) is 1. The molecule has 126 valence electrons. The molecule has 7 nitrogen and oxygen atoms in total. The van der Waals surface area contributed by atoms with Crippen LogP contribution in [0.25, 0.3) is 11.3 Å². The van der Waals surface area contributed by atoms with Crippen LogP contribution in [-0.4, -0.2) is 34.0 Å². The first-order valence-corrected chi connectivity index (χ1v) is 7.80. The smallest absolute Gasteiger partial charge is 0.307 e. The van der Waals surface area contributed by atoms with Crippen molar-refractivity contribution in [3.63, 3.8) is 0 Å². The zero-order valence-electron chi connectivity index (χ0n) is 12.6. The second-order valence-corrected chi connectivity index (χ2v) is 6.15. The number of nitrogens with zero attached hydrogens (tertiary/aromatic N) is 2. The Balaban J connectivity index is 1.72. The molecule has 0 aliphatic carbocycles.